The van der Waals surface area contributed by atoms with E-state index in [1.165, 1.54) is 12.1 Å². The van der Waals surface area contributed by atoms with Crippen molar-refractivity contribution in [3.05, 3.63) is 42.0 Å². The van der Waals surface area contributed by atoms with Gasteiger partial charge in [-0.05, 0) is 73.4 Å². The number of hydrogen-bond donors (Lipinski definition) is 0. The van der Waals surface area contributed by atoms with Crippen molar-refractivity contribution in [2.45, 2.75) is 95.5 Å². The van der Waals surface area contributed by atoms with E-state index in [0.29, 0.717) is 6.42 Å². The van der Waals surface area contributed by atoms with Crippen molar-refractivity contribution in [1.29, 1.82) is 0 Å². The Morgan fingerprint density at radius 1 is 1.15 bits per heavy atom. The molecule has 7 heteroatoms. The van der Waals surface area contributed by atoms with E-state index in [0.717, 1.165) is 43.0 Å². The molecule has 0 radical (unpaired) electrons. The van der Waals surface area contributed by atoms with Crippen molar-refractivity contribution in [3.8, 4) is 0 Å². The molecule has 33 heavy (non-hydrogen) atoms. The Kier molecular flexibility index (Phi) is 8.28. The lowest BCUT2D eigenvalue weighted by Crippen LogP contribution is -2.47. The van der Waals surface area contributed by atoms with Crippen molar-refractivity contribution in [1.82, 2.24) is 0 Å². The molecule has 0 spiro atoms. The third-order valence-corrected chi connectivity index (χ3v) is 14.5. The van der Waals surface area contributed by atoms with Gasteiger partial charge in [-0.3, -0.25) is 4.79 Å². The maximum absolute atomic E-state index is 12.8. The van der Waals surface area contributed by atoms with Crippen LogP contribution in [0.15, 0.2) is 46.9 Å². The van der Waals surface area contributed by atoms with E-state index < -0.39 is 29.9 Å². The number of fused-ring (bicyclic) bond motifs is 1. The molecule has 0 aromatic heterocycles. The van der Waals surface area contributed by atoms with Crippen molar-refractivity contribution in [2.24, 2.45) is 11.3 Å². The van der Waals surface area contributed by atoms with E-state index in [-0.39, 0.29) is 28.4 Å². The molecule has 2 aliphatic carbocycles. The van der Waals surface area contributed by atoms with Gasteiger partial charge in [-0.25, -0.2) is 8.42 Å². The number of allylic oxidation sites excluding steroid dienone is 1. The Bertz CT molecular complexity index is 946. The van der Waals surface area contributed by atoms with E-state index >= 15 is 0 Å². The van der Waals surface area contributed by atoms with E-state index in [1.54, 1.807) is 18.2 Å². The summed E-state index contributed by atoms with van der Waals surface area (Å²) in [7, 11) is -5.48. The van der Waals surface area contributed by atoms with Crippen molar-refractivity contribution in [3.63, 3.8) is 0 Å². The lowest BCUT2D eigenvalue weighted by Gasteiger charge is -2.45. The quantitative estimate of drug-likeness (QED) is 0.243. The fourth-order valence-electron chi connectivity index (χ4n) is 6.11. The highest BCUT2D eigenvalue weighted by Gasteiger charge is 2.55. The fourth-order valence-corrected chi connectivity index (χ4v) is 10.2. The number of carbonyl (C=O) groups is 1. The van der Waals surface area contributed by atoms with E-state index in [4.69, 9.17) is 9.16 Å². The van der Waals surface area contributed by atoms with Crippen LogP contribution in [0.2, 0.25) is 18.1 Å². The number of esters is 1. The van der Waals surface area contributed by atoms with Crippen molar-refractivity contribution >= 4 is 24.1 Å². The summed E-state index contributed by atoms with van der Waals surface area (Å²) >= 11 is 0. The number of hydrogen-bond acceptors (Lipinski definition) is 5. The molecule has 4 atom stereocenters. The smallest absolute Gasteiger partial charge is 0.322 e. The van der Waals surface area contributed by atoms with Crippen LogP contribution in [0.25, 0.3) is 0 Å². The van der Waals surface area contributed by atoms with Crippen molar-refractivity contribution in [2.75, 3.05) is 5.75 Å². The van der Waals surface area contributed by atoms with Gasteiger partial charge in [0.15, 0.2) is 23.9 Å². The summed E-state index contributed by atoms with van der Waals surface area (Å²) in [6.45, 7) is 11.0. The van der Waals surface area contributed by atoms with Crippen LogP contribution in [-0.4, -0.2) is 40.7 Å². The second-order valence-electron chi connectivity index (χ2n) is 9.85. The SMILES string of the molecule is C/C=C1/[C@H](OC(=O)CS(=O)(=O)c2ccccc2)C[C@H]2[C@@H](O[Si](CC)(CC)CC)CCC[C@]12C. The Balaban J connectivity index is 1.77. The molecule has 3 rings (SSSR count). The normalized spacial score (nSPS) is 29.1. The lowest BCUT2D eigenvalue weighted by molar-refractivity contribution is -0.144. The Hall–Kier alpha value is -1.44. The van der Waals surface area contributed by atoms with Crippen LogP contribution in [-0.2, 0) is 23.8 Å². The van der Waals surface area contributed by atoms with Gasteiger partial charge in [-0.1, -0.05) is 58.4 Å². The second kappa shape index (κ2) is 10.4. The Morgan fingerprint density at radius 3 is 2.36 bits per heavy atom. The first kappa shape index (κ1) is 26.2. The molecule has 0 unspecified atom stereocenters. The average molecular weight is 493 g/mol. The molecule has 184 valence electrons. The first-order chi connectivity index (χ1) is 15.6. The van der Waals surface area contributed by atoms with E-state index in [2.05, 4.69) is 33.8 Å². The third-order valence-electron chi connectivity index (χ3n) is 8.26. The highest BCUT2D eigenvalue weighted by Crippen LogP contribution is 2.57. The zero-order chi connectivity index (χ0) is 24.3. The first-order valence-corrected chi connectivity index (χ1v) is 16.6. The summed E-state index contributed by atoms with van der Waals surface area (Å²) in [4.78, 5) is 12.9. The van der Waals surface area contributed by atoms with Gasteiger partial charge in [0.2, 0.25) is 0 Å². The molecule has 0 aliphatic heterocycles. The second-order valence-corrected chi connectivity index (χ2v) is 16.6. The molecular weight excluding hydrogens is 452 g/mol. The minimum absolute atomic E-state index is 0.0731. The average Bonchev–Trinajstić information content (AvgIpc) is 3.09. The van der Waals surface area contributed by atoms with Gasteiger partial charge in [-0.15, -0.1) is 0 Å². The predicted molar refractivity (Wildman–Crippen MR) is 134 cm³/mol. The van der Waals surface area contributed by atoms with Crippen molar-refractivity contribution < 1.29 is 22.4 Å². The van der Waals surface area contributed by atoms with Gasteiger partial charge < -0.3 is 9.16 Å². The highest BCUT2D eigenvalue weighted by molar-refractivity contribution is 7.92. The topological polar surface area (TPSA) is 69.7 Å². The van der Waals surface area contributed by atoms with Gasteiger partial charge in [0, 0.05) is 6.10 Å². The van der Waals surface area contributed by atoms with Crippen LogP contribution in [0, 0.1) is 11.3 Å². The summed E-state index contributed by atoms with van der Waals surface area (Å²) in [6.07, 6.45) is 5.78. The number of carbonyl (C=O) groups excluding carboxylic acids is 1. The van der Waals surface area contributed by atoms with E-state index in [1.807, 2.05) is 6.92 Å². The predicted octanol–water partition coefficient (Wildman–Crippen LogP) is 5.92. The number of rotatable bonds is 9. The molecule has 1 aromatic rings. The summed E-state index contributed by atoms with van der Waals surface area (Å²) in [5, 5.41) is 0. The first-order valence-electron chi connectivity index (χ1n) is 12.5. The fraction of sp³-hybridized carbons (Fsp3) is 0.654. The standard InChI is InChI=1S/C26H40O5SSi/c1-6-21-24(30-25(27)19-32(28,29)20-14-11-10-12-15-20)18-22-23(16-13-17-26(21,22)5)31-33(7-2,8-3)9-4/h6,10-12,14-15,22-24H,7-9,13,16-19H2,1-5H3/b21-6-/t22-,23-,24+,26+/m0/s1. The summed E-state index contributed by atoms with van der Waals surface area (Å²) in [5.74, 6) is -1.02. The maximum atomic E-state index is 12.8. The molecule has 2 aliphatic rings. The molecule has 0 heterocycles. The molecular formula is C26H40O5SSi. The summed E-state index contributed by atoms with van der Waals surface area (Å²) in [6, 6.07) is 11.4. The number of benzene rings is 1. The van der Waals surface area contributed by atoms with Crippen LogP contribution in [0.1, 0.15) is 60.3 Å². The van der Waals surface area contributed by atoms with Gasteiger partial charge >= 0.3 is 5.97 Å². The van der Waals surface area contributed by atoms with E-state index in [9.17, 15) is 13.2 Å². The molecule has 0 amide bonds. The van der Waals surface area contributed by atoms with Crippen LogP contribution >= 0.6 is 0 Å². The largest absolute Gasteiger partial charge is 0.457 e. The molecule has 0 N–H and O–H groups in total. The zero-order valence-electron chi connectivity index (χ0n) is 20.8. The molecule has 2 fully saturated rings. The minimum atomic E-state index is -3.72. The van der Waals surface area contributed by atoms with Crippen LogP contribution in [0.5, 0.6) is 0 Å². The highest BCUT2D eigenvalue weighted by atomic mass is 32.2. The van der Waals surface area contributed by atoms with Gasteiger partial charge in [0.25, 0.3) is 0 Å². The molecule has 1 aromatic carbocycles. The Morgan fingerprint density at radius 2 is 1.79 bits per heavy atom. The minimum Gasteiger partial charge on any atom is -0.457 e. The maximum Gasteiger partial charge on any atom is 0.322 e. The Labute approximate surface area is 201 Å². The van der Waals surface area contributed by atoms with Gasteiger partial charge in [0.05, 0.1) is 4.90 Å². The monoisotopic (exact) mass is 492 g/mol. The molecule has 5 nitrogen and oxygen atoms in total. The van der Waals surface area contributed by atoms with Crippen LogP contribution < -0.4 is 0 Å². The summed E-state index contributed by atoms with van der Waals surface area (Å²) < 4.78 is 38.1. The molecule has 2 saturated carbocycles. The molecule has 0 bridgehead atoms. The zero-order valence-corrected chi connectivity index (χ0v) is 22.6. The van der Waals surface area contributed by atoms with Gasteiger partial charge in [0.1, 0.15) is 6.10 Å². The third kappa shape index (κ3) is 5.30. The summed E-state index contributed by atoms with van der Waals surface area (Å²) in [5.41, 5.74) is 1.05. The molecule has 0 saturated heterocycles. The van der Waals surface area contributed by atoms with Gasteiger partial charge in [-0.2, -0.15) is 0 Å². The number of sulfone groups is 1. The van der Waals surface area contributed by atoms with Crippen LogP contribution in [0.4, 0.5) is 0 Å². The van der Waals surface area contributed by atoms with Crippen LogP contribution in [0.3, 0.4) is 0 Å². The number of ether oxygens (including phenoxy) is 1. The lowest BCUT2D eigenvalue weighted by atomic mass is 9.66.